The van der Waals surface area contributed by atoms with Crippen LogP contribution in [0.15, 0.2) is 30.3 Å². The summed E-state index contributed by atoms with van der Waals surface area (Å²) >= 11 is 1.62. The molecule has 1 aromatic carbocycles. The Labute approximate surface area is 169 Å². The Kier molecular flexibility index (Phi) is 5.67. The topological polar surface area (TPSA) is 58.6 Å². The average molecular weight is 399 g/mol. The van der Waals surface area contributed by atoms with Gasteiger partial charge >= 0.3 is 0 Å². The van der Waals surface area contributed by atoms with Crippen LogP contribution in [0.25, 0.3) is 0 Å². The molecule has 2 heterocycles. The smallest absolute Gasteiger partial charge is 0.263 e. The Morgan fingerprint density at radius 2 is 1.96 bits per heavy atom. The van der Waals surface area contributed by atoms with Crippen LogP contribution in [-0.4, -0.2) is 36.9 Å². The van der Waals surface area contributed by atoms with Crippen LogP contribution in [0, 0.1) is 5.92 Å². The highest BCUT2D eigenvalue weighted by atomic mass is 32.1. The van der Waals surface area contributed by atoms with Crippen LogP contribution >= 0.6 is 11.3 Å². The zero-order valence-electron chi connectivity index (χ0n) is 16.2. The van der Waals surface area contributed by atoms with Crippen LogP contribution in [0.1, 0.15) is 44.9 Å². The Hall–Kier alpha value is -2.34. The summed E-state index contributed by atoms with van der Waals surface area (Å²) in [5.74, 6) is 1.05. The largest absolute Gasteiger partial charge is 0.497 e. The van der Waals surface area contributed by atoms with E-state index in [0.29, 0.717) is 6.54 Å². The van der Waals surface area contributed by atoms with Gasteiger partial charge in [-0.1, -0.05) is 12.1 Å². The second-order valence-electron chi connectivity index (χ2n) is 7.56. The number of nitrogens with one attached hydrogen (secondary N) is 1. The molecule has 28 heavy (non-hydrogen) atoms. The lowest BCUT2D eigenvalue weighted by molar-refractivity contribution is -0.125. The fourth-order valence-corrected chi connectivity index (χ4v) is 5.18. The predicted octanol–water partition coefficient (Wildman–Crippen LogP) is 3.41. The lowest BCUT2D eigenvalue weighted by Gasteiger charge is -2.21. The number of hydrogen-bond acceptors (Lipinski definition) is 4. The molecule has 0 saturated carbocycles. The maximum Gasteiger partial charge on any atom is 0.263 e. The van der Waals surface area contributed by atoms with Gasteiger partial charge in [0.15, 0.2) is 0 Å². The highest BCUT2D eigenvalue weighted by molar-refractivity contribution is 7.14. The minimum absolute atomic E-state index is 0.0184. The first-order valence-corrected chi connectivity index (χ1v) is 10.8. The van der Waals surface area contributed by atoms with Gasteiger partial charge in [0.2, 0.25) is 5.91 Å². The summed E-state index contributed by atoms with van der Waals surface area (Å²) in [6, 6.07) is 9.77. The summed E-state index contributed by atoms with van der Waals surface area (Å²) in [4.78, 5) is 29.4. The third-order valence-electron chi connectivity index (χ3n) is 5.68. The summed E-state index contributed by atoms with van der Waals surface area (Å²) in [5, 5.41) is 3.06. The van der Waals surface area contributed by atoms with E-state index in [2.05, 4.69) is 5.32 Å². The fraction of sp³-hybridized carbons (Fsp3) is 0.455. The Bertz CT molecular complexity index is 853. The molecule has 4 rings (SSSR count). The number of carbonyl (C=O) groups excluding carboxylic acids is 2. The van der Waals surface area contributed by atoms with Crippen LogP contribution in [0.2, 0.25) is 0 Å². The third kappa shape index (κ3) is 4.07. The second kappa shape index (κ2) is 8.35. The van der Waals surface area contributed by atoms with Crippen LogP contribution in [0.3, 0.4) is 0 Å². The van der Waals surface area contributed by atoms with Crippen molar-refractivity contribution in [3.63, 3.8) is 0 Å². The molecule has 1 aromatic heterocycles. The van der Waals surface area contributed by atoms with Crippen LogP contribution in [-0.2, 0) is 24.2 Å². The first kappa shape index (κ1) is 19.0. The molecule has 1 N–H and O–H groups in total. The van der Waals surface area contributed by atoms with E-state index in [1.807, 2.05) is 35.2 Å². The number of aryl methyl sites for hydroxylation is 1. The maximum atomic E-state index is 12.6. The third-order valence-corrected chi connectivity index (χ3v) is 6.91. The number of benzene rings is 1. The Morgan fingerprint density at radius 3 is 2.68 bits per heavy atom. The van der Waals surface area contributed by atoms with Gasteiger partial charge in [0, 0.05) is 30.4 Å². The number of thiophene rings is 1. The van der Waals surface area contributed by atoms with E-state index in [0.717, 1.165) is 61.4 Å². The Balaban J connectivity index is 1.35. The lowest BCUT2D eigenvalue weighted by atomic mass is 9.87. The standard InChI is InChI=1S/C22H26N2O3S/c1-27-18-7-4-15(5-8-18)14-23-21(25)16-6-9-19-17(12-16)13-20(28-19)22(26)24-10-2-3-11-24/h4-5,7-8,13,16H,2-3,6,9-12,14H2,1H3,(H,23,25)/t16-/m0/s1. The molecule has 0 spiro atoms. The highest BCUT2D eigenvalue weighted by Gasteiger charge is 2.29. The quantitative estimate of drug-likeness (QED) is 0.840. The number of methoxy groups -OCH3 is 1. The molecule has 1 aliphatic heterocycles. The maximum absolute atomic E-state index is 12.6. The Morgan fingerprint density at radius 1 is 1.21 bits per heavy atom. The van der Waals surface area contributed by atoms with E-state index >= 15 is 0 Å². The molecule has 1 atom stereocenters. The van der Waals surface area contributed by atoms with Crippen molar-refractivity contribution in [2.45, 2.75) is 38.6 Å². The van der Waals surface area contributed by atoms with E-state index in [9.17, 15) is 9.59 Å². The summed E-state index contributed by atoms with van der Waals surface area (Å²) in [5.41, 5.74) is 2.24. The number of likely N-dealkylation sites (tertiary alicyclic amines) is 1. The molecule has 1 fully saturated rings. The zero-order chi connectivity index (χ0) is 19.5. The highest BCUT2D eigenvalue weighted by Crippen LogP contribution is 2.33. The second-order valence-corrected chi connectivity index (χ2v) is 8.70. The molecule has 1 aliphatic carbocycles. The number of carbonyl (C=O) groups is 2. The number of ether oxygens (including phenoxy) is 1. The minimum Gasteiger partial charge on any atom is -0.497 e. The molecule has 2 amide bonds. The zero-order valence-corrected chi connectivity index (χ0v) is 17.0. The number of amides is 2. The summed E-state index contributed by atoms with van der Waals surface area (Å²) < 4.78 is 5.16. The van der Waals surface area contributed by atoms with Gasteiger partial charge in [-0.2, -0.15) is 0 Å². The van der Waals surface area contributed by atoms with Gasteiger partial charge in [-0.3, -0.25) is 9.59 Å². The van der Waals surface area contributed by atoms with Crippen LogP contribution < -0.4 is 10.1 Å². The van der Waals surface area contributed by atoms with Gasteiger partial charge < -0.3 is 15.0 Å². The molecular weight excluding hydrogens is 372 g/mol. The van der Waals surface area contributed by atoms with Crippen molar-refractivity contribution in [3.05, 3.63) is 51.2 Å². The average Bonchev–Trinajstić information content (AvgIpc) is 3.41. The molecule has 0 bridgehead atoms. The van der Waals surface area contributed by atoms with Crippen molar-refractivity contribution in [1.82, 2.24) is 10.2 Å². The summed E-state index contributed by atoms with van der Waals surface area (Å²) in [7, 11) is 1.64. The minimum atomic E-state index is -0.0184. The summed E-state index contributed by atoms with van der Waals surface area (Å²) in [6.45, 7) is 2.27. The SMILES string of the molecule is COc1ccc(CNC(=O)[C@H]2CCc3sc(C(=O)N4CCCC4)cc3C2)cc1. The molecule has 2 aliphatic rings. The van der Waals surface area contributed by atoms with Crippen molar-refractivity contribution in [2.24, 2.45) is 5.92 Å². The van der Waals surface area contributed by atoms with Gasteiger partial charge in [0.25, 0.3) is 5.91 Å². The molecule has 2 aromatic rings. The summed E-state index contributed by atoms with van der Waals surface area (Å²) in [6.07, 6.45) is 4.67. The van der Waals surface area contributed by atoms with Gasteiger partial charge in [-0.05, 0) is 61.4 Å². The lowest BCUT2D eigenvalue weighted by Crippen LogP contribution is -2.33. The van der Waals surface area contributed by atoms with Gasteiger partial charge in [-0.25, -0.2) is 0 Å². The van der Waals surface area contributed by atoms with E-state index < -0.39 is 0 Å². The van der Waals surface area contributed by atoms with Gasteiger partial charge in [-0.15, -0.1) is 11.3 Å². The number of nitrogens with zero attached hydrogens (tertiary/aromatic N) is 1. The monoisotopic (exact) mass is 398 g/mol. The number of hydrogen-bond donors (Lipinski definition) is 1. The van der Waals surface area contributed by atoms with Gasteiger partial charge in [0.1, 0.15) is 5.75 Å². The molecule has 0 radical (unpaired) electrons. The van der Waals surface area contributed by atoms with Crippen molar-refractivity contribution >= 4 is 23.2 Å². The van der Waals surface area contributed by atoms with E-state index in [1.54, 1.807) is 18.4 Å². The molecular formula is C22H26N2O3S. The molecule has 0 unspecified atom stereocenters. The van der Waals surface area contributed by atoms with E-state index in [-0.39, 0.29) is 17.7 Å². The van der Waals surface area contributed by atoms with Crippen molar-refractivity contribution in [2.75, 3.05) is 20.2 Å². The van der Waals surface area contributed by atoms with Crippen molar-refractivity contribution in [1.29, 1.82) is 0 Å². The normalized spacial score (nSPS) is 18.6. The van der Waals surface area contributed by atoms with Crippen molar-refractivity contribution < 1.29 is 14.3 Å². The number of rotatable bonds is 5. The van der Waals surface area contributed by atoms with Crippen LogP contribution in [0.4, 0.5) is 0 Å². The van der Waals surface area contributed by atoms with Gasteiger partial charge in [0.05, 0.1) is 12.0 Å². The predicted molar refractivity (Wildman–Crippen MR) is 110 cm³/mol. The molecule has 5 nitrogen and oxygen atoms in total. The fourth-order valence-electron chi connectivity index (χ4n) is 4.01. The molecule has 6 heteroatoms. The first-order chi connectivity index (χ1) is 13.6. The van der Waals surface area contributed by atoms with Crippen LogP contribution in [0.5, 0.6) is 5.75 Å². The number of fused-ring (bicyclic) bond motifs is 1. The molecule has 148 valence electrons. The molecule has 1 saturated heterocycles. The van der Waals surface area contributed by atoms with E-state index in [4.69, 9.17) is 4.74 Å². The van der Waals surface area contributed by atoms with Crippen molar-refractivity contribution in [3.8, 4) is 5.75 Å². The van der Waals surface area contributed by atoms with E-state index in [1.165, 1.54) is 10.4 Å². The first-order valence-electron chi connectivity index (χ1n) is 9.95.